The third-order valence-electron chi connectivity index (χ3n) is 5.15. The van der Waals surface area contributed by atoms with Gasteiger partial charge in [0, 0.05) is 32.1 Å². The summed E-state index contributed by atoms with van der Waals surface area (Å²) in [6, 6.07) is 6.10. The Bertz CT molecular complexity index is 628. The fourth-order valence-corrected chi connectivity index (χ4v) is 3.68. The third-order valence-corrected chi connectivity index (χ3v) is 5.15. The summed E-state index contributed by atoms with van der Waals surface area (Å²) in [7, 11) is 0. The molecule has 0 bridgehead atoms. The molecule has 0 aliphatic carbocycles. The lowest BCUT2D eigenvalue weighted by atomic mass is 9.81. The first-order valence-corrected chi connectivity index (χ1v) is 7.70. The van der Waals surface area contributed by atoms with Gasteiger partial charge in [-0.1, -0.05) is 23.8 Å². The van der Waals surface area contributed by atoms with Crippen molar-refractivity contribution in [1.29, 1.82) is 0 Å². The Morgan fingerprint density at radius 3 is 2.86 bits per heavy atom. The molecule has 2 N–H and O–H groups in total. The predicted molar refractivity (Wildman–Crippen MR) is 82.6 cm³/mol. The maximum absolute atomic E-state index is 12.6. The number of rotatable bonds is 3. The Kier molecular flexibility index (Phi) is 3.68. The minimum Gasteiger partial charge on any atom is -0.481 e. The van der Waals surface area contributed by atoms with Crippen LogP contribution >= 0.6 is 0 Å². The molecule has 2 fully saturated rings. The Morgan fingerprint density at radius 2 is 2.18 bits per heavy atom. The fraction of sp³-hybridized carbons (Fsp3) is 0.529. The summed E-state index contributed by atoms with van der Waals surface area (Å²) in [6.45, 7) is 6.02. The Hall–Kier alpha value is -1.88. The van der Waals surface area contributed by atoms with Crippen molar-refractivity contribution in [1.82, 2.24) is 10.2 Å². The monoisotopic (exact) mass is 302 g/mol. The summed E-state index contributed by atoms with van der Waals surface area (Å²) in [4.78, 5) is 26.0. The van der Waals surface area contributed by atoms with E-state index in [1.165, 1.54) is 0 Å². The molecule has 2 saturated heterocycles. The molecule has 0 aromatic heterocycles. The summed E-state index contributed by atoms with van der Waals surface area (Å²) in [5.41, 5.74) is 2.48. The zero-order chi connectivity index (χ0) is 15.9. The molecule has 0 spiro atoms. The molecular formula is C17H22N2O3. The van der Waals surface area contributed by atoms with Crippen LogP contribution in [-0.2, 0) is 16.0 Å². The first-order chi connectivity index (χ1) is 10.4. The van der Waals surface area contributed by atoms with Gasteiger partial charge in [-0.15, -0.1) is 0 Å². The summed E-state index contributed by atoms with van der Waals surface area (Å²) < 4.78 is 0. The molecule has 1 amide bonds. The molecule has 118 valence electrons. The molecule has 5 heteroatoms. The molecule has 0 radical (unpaired) electrons. The van der Waals surface area contributed by atoms with Crippen LogP contribution in [0.15, 0.2) is 18.2 Å². The Morgan fingerprint density at radius 1 is 1.41 bits per heavy atom. The van der Waals surface area contributed by atoms with Crippen LogP contribution in [-0.4, -0.2) is 48.1 Å². The second-order valence-corrected chi connectivity index (χ2v) is 6.67. The standard InChI is InChI=1S/C17H22N2O3/c1-11-3-4-12(2)13(5-11)6-15(20)19-8-14-7-18-9-17(14,10-19)16(21)22/h3-5,14,18H,6-10H2,1-2H3,(H,21,22)/t14-,17-/m0/s1. The molecule has 1 aromatic rings. The van der Waals surface area contributed by atoms with Crippen molar-refractivity contribution in [2.45, 2.75) is 20.3 Å². The van der Waals surface area contributed by atoms with Gasteiger partial charge in [-0.3, -0.25) is 9.59 Å². The molecule has 0 saturated carbocycles. The van der Waals surface area contributed by atoms with E-state index in [2.05, 4.69) is 5.32 Å². The van der Waals surface area contributed by atoms with Crippen molar-refractivity contribution < 1.29 is 14.7 Å². The van der Waals surface area contributed by atoms with Gasteiger partial charge in [-0.2, -0.15) is 0 Å². The number of hydrogen-bond acceptors (Lipinski definition) is 3. The van der Waals surface area contributed by atoms with E-state index in [4.69, 9.17) is 0 Å². The zero-order valence-corrected chi connectivity index (χ0v) is 13.1. The average Bonchev–Trinajstić information content (AvgIpc) is 3.00. The van der Waals surface area contributed by atoms with Gasteiger partial charge in [0.1, 0.15) is 5.41 Å². The minimum absolute atomic E-state index is 0.0209. The second kappa shape index (κ2) is 5.39. The van der Waals surface area contributed by atoms with Crippen molar-refractivity contribution in [3.05, 3.63) is 34.9 Å². The summed E-state index contributed by atoms with van der Waals surface area (Å²) in [6.07, 6.45) is 0.351. The summed E-state index contributed by atoms with van der Waals surface area (Å²) in [5.74, 6) is -0.735. The van der Waals surface area contributed by atoms with E-state index in [1.807, 2.05) is 32.0 Å². The number of likely N-dealkylation sites (tertiary alicyclic amines) is 1. The normalized spacial score (nSPS) is 27.0. The van der Waals surface area contributed by atoms with Gasteiger partial charge in [0.25, 0.3) is 0 Å². The van der Waals surface area contributed by atoms with Crippen molar-refractivity contribution in [3.8, 4) is 0 Å². The van der Waals surface area contributed by atoms with E-state index in [0.29, 0.717) is 32.6 Å². The highest BCUT2D eigenvalue weighted by molar-refractivity contribution is 5.83. The lowest BCUT2D eigenvalue weighted by molar-refractivity contribution is -0.148. The number of amides is 1. The topological polar surface area (TPSA) is 69.6 Å². The van der Waals surface area contributed by atoms with Crippen molar-refractivity contribution in [2.75, 3.05) is 26.2 Å². The van der Waals surface area contributed by atoms with E-state index >= 15 is 0 Å². The van der Waals surface area contributed by atoms with Crippen LogP contribution < -0.4 is 5.32 Å². The van der Waals surface area contributed by atoms with Crippen LogP contribution in [0.25, 0.3) is 0 Å². The zero-order valence-electron chi connectivity index (χ0n) is 13.1. The van der Waals surface area contributed by atoms with Gasteiger partial charge in [-0.05, 0) is 25.0 Å². The number of hydrogen-bond donors (Lipinski definition) is 2. The molecule has 3 rings (SSSR count). The van der Waals surface area contributed by atoms with E-state index in [9.17, 15) is 14.7 Å². The average molecular weight is 302 g/mol. The predicted octanol–water partition coefficient (Wildman–Crippen LogP) is 0.979. The maximum atomic E-state index is 12.6. The van der Waals surface area contributed by atoms with Crippen molar-refractivity contribution in [3.63, 3.8) is 0 Å². The van der Waals surface area contributed by atoms with E-state index in [-0.39, 0.29) is 11.8 Å². The van der Waals surface area contributed by atoms with Gasteiger partial charge >= 0.3 is 5.97 Å². The number of carboxylic acids is 1. The first-order valence-electron chi connectivity index (χ1n) is 7.70. The molecule has 5 nitrogen and oxygen atoms in total. The van der Waals surface area contributed by atoms with E-state index in [1.54, 1.807) is 4.90 Å². The molecule has 2 atom stereocenters. The summed E-state index contributed by atoms with van der Waals surface area (Å²) in [5, 5.41) is 12.7. The van der Waals surface area contributed by atoms with Crippen molar-refractivity contribution in [2.24, 2.45) is 11.3 Å². The van der Waals surface area contributed by atoms with Crippen molar-refractivity contribution >= 4 is 11.9 Å². The smallest absolute Gasteiger partial charge is 0.313 e. The lowest BCUT2D eigenvalue weighted by Gasteiger charge is -2.23. The number of carboxylic acid groups (broad SMARTS) is 1. The number of aliphatic carboxylic acids is 1. The SMILES string of the molecule is Cc1ccc(C)c(CC(=O)N2C[C@@H]3CNC[C@]3(C(=O)O)C2)c1. The molecule has 2 heterocycles. The molecule has 2 aliphatic heterocycles. The first kappa shape index (κ1) is 15.0. The van der Waals surface area contributed by atoms with Crippen LogP contribution in [0, 0.1) is 25.2 Å². The van der Waals surface area contributed by atoms with Gasteiger partial charge in [0.2, 0.25) is 5.91 Å². The fourth-order valence-electron chi connectivity index (χ4n) is 3.68. The third kappa shape index (κ3) is 2.39. The number of carbonyl (C=O) groups is 2. The lowest BCUT2D eigenvalue weighted by Crippen LogP contribution is -2.41. The van der Waals surface area contributed by atoms with Crippen LogP contribution in [0.3, 0.4) is 0 Å². The van der Waals surface area contributed by atoms with Gasteiger partial charge in [0.15, 0.2) is 0 Å². The number of nitrogens with one attached hydrogen (secondary N) is 1. The van der Waals surface area contributed by atoms with Crippen LogP contribution in [0.1, 0.15) is 16.7 Å². The van der Waals surface area contributed by atoms with Crippen LogP contribution in [0.2, 0.25) is 0 Å². The molecule has 2 aliphatic rings. The molecule has 0 unspecified atom stereocenters. The van der Waals surface area contributed by atoms with E-state index < -0.39 is 11.4 Å². The van der Waals surface area contributed by atoms with Gasteiger partial charge < -0.3 is 15.3 Å². The highest BCUT2D eigenvalue weighted by atomic mass is 16.4. The quantitative estimate of drug-likeness (QED) is 0.873. The number of fused-ring (bicyclic) bond motifs is 1. The second-order valence-electron chi connectivity index (χ2n) is 6.67. The van der Waals surface area contributed by atoms with Crippen LogP contribution in [0.5, 0.6) is 0 Å². The maximum Gasteiger partial charge on any atom is 0.313 e. The Labute approximate surface area is 130 Å². The minimum atomic E-state index is -0.794. The Balaban J connectivity index is 1.75. The number of carbonyl (C=O) groups excluding carboxylic acids is 1. The highest BCUT2D eigenvalue weighted by Crippen LogP contribution is 2.39. The molecule has 1 aromatic carbocycles. The van der Waals surface area contributed by atoms with Gasteiger partial charge in [0.05, 0.1) is 6.42 Å². The molecular weight excluding hydrogens is 280 g/mol. The van der Waals surface area contributed by atoms with Gasteiger partial charge in [-0.25, -0.2) is 0 Å². The number of benzene rings is 1. The van der Waals surface area contributed by atoms with Crippen LogP contribution in [0.4, 0.5) is 0 Å². The number of nitrogens with zero attached hydrogens (tertiary/aromatic N) is 1. The number of aryl methyl sites for hydroxylation is 2. The summed E-state index contributed by atoms with van der Waals surface area (Å²) >= 11 is 0. The van der Waals surface area contributed by atoms with E-state index in [0.717, 1.165) is 16.7 Å². The highest BCUT2D eigenvalue weighted by Gasteiger charge is 2.56. The molecule has 22 heavy (non-hydrogen) atoms. The largest absolute Gasteiger partial charge is 0.481 e.